The van der Waals surface area contributed by atoms with Gasteiger partial charge in [-0.3, -0.25) is 0 Å². The van der Waals surface area contributed by atoms with Gasteiger partial charge in [0, 0.05) is 33.6 Å². The second-order valence-electron chi connectivity index (χ2n) is 2.29. The third kappa shape index (κ3) is 3.35. The molecule has 5 heteroatoms. The molecule has 1 radical (unpaired) electrons. The van der Waals surface area contributed by atoms with Gasteiger partial charge in [0.1, 0.15) is 0 Å². The van der Waals surface area contributed by atoms with Crippen molar-refractivity contribution < 1.29 is 31.1 Å². The van der Waals surface area contributed by atoms with E-state index in [2.05, 4.69) is 11.2 Å². The summed E-state index contributed by atoms with van der Waals surface area (Å²) in [6, 6.07) is 6.67. The molecular formula is C7H8AgO2S2. The maximum absolute atomic E-state index is 10.9. The van der Waals surface area contributed by atoms with Crippen LogP contribution in [0.4, 0.5) is 0 Å². The van der Waals surface area contributed by atoms with Gasteiger partial charge < -0.3 is 4.55 Å². The molecule has 1 aromatic carbocycles. The Morgan fingerprint density at radius 3 is 2.08 bits per heavy atom. The summed E-state index contributed by atoms with van der Waals surface area (Å²) in [5.74, 6) is 0. The Hall–Kier alpha value is 0.290. The summed E-state index contributed by atoms with van der Waals surface area (Å²) in [5.41, 5.74) is 1.05. The minimum atomic E-state index is -3.19. The van der Waals surface area contributed by atoms with Gasteiger partial charge in [-0.2, -0.15) is 0 Å². The average Bonchev–Trinajstić information content (AvgIpc) is 1.86. The van der Waals surface area contributed by atoms with Crippen LogP contribution in [0.15, 0.2) is 29.2 Å². The van der Waals surface area contributed by atoms with E-state index >= 15 is 0 Å². The van der Waals surface area contributed by atoms with Crippen LogP contribution in [0.25, 0.3) is 0 Å². The first kappa shape index (κ1) is 12.3. The van der Waals surface area contributed by atoms with Crippen LogP contribution in [0.5, 0.6) is 0 Å². The standard InChI is InChI=1S/C7H8O2S2.Ag/c1-6-2-4-7(5-3-6)11(8,9)10;/h2-5H,1H3,(H,8,9,10);. The van der Waals surface area contributed by atoms with Gasteiger partial charge in [0.15, 0.2) is 8.77 Å². The fourth-order valence-corrected chi connectivity index (χ4v) is 1.52. The fraction of sp³-hybridized carbons (Fsp3) is 0.143. The Bertz CT molecular complexity index is 342. The van der Waals surface area contributed by atoms with Gasteiger partial charge in [-0.1, -0.05) is 17.7 Å². The predicted molar refractivity (Wildman–Crippen MR) is 47.6 cm³/mol. The number of hydrogen-bond acceptors (Lipinski definition) is 2. The van der Waals surface area contributed by atoms with Crippen LogP contribution in [0, 0.1) is 6.92 Å². The first-order valence-corrected chi connectivity index (χ1v) is 5.48. The Labute approximate surface area is 92.4 Å². The molecule has 2 nitrogen and oxygen atoms in total. The minimum Gasteiger partial charge on any atom is -0.302 e. The molecule has 0 aliphatic rings. The molecule has 0 aliphatic heterocycles. The fourth-order valence-electron chi connectivity index (χ4n) is 0.710. The van der Waals surface area contributed by atoms with Gasteiger partial charge in [0.25, 0.3) is 0 Å². The van der Waals surface area contributed by atoms with Crippen LogP contribution in [0.3, 0.4) is 0 Å². The Morgan fingerprint density at radius 1 is 1.33 bits per heavy atom. The smallest absolute Gasteiger partial charge is 0.171 e. The summed E-state index contributed by atoms with van der Waals surface area (Å²) < 4.78 is 19.8. The van der Waals surface area contributed by atoms with Crippen molar-refractivity contribution in [3.63, 3.8) is 0 Å². The largest absolute Gasteiger partial charge is 0.302 e. The molecule has 0 saturated carbocycles. The summed E-state index contributed by atoms with van der Waals surface area (Å²) in [5, 5.41) is 0. The van der Waals surface area contributed by atoms with Crippen LogP contribution in [0.1, 0.15) is 5.56 Å². The average molecular weight is 296 g/mol. The molecule has 1 rings (SSSR count). The molecule has 0 fully saturated rings. The van der Waals surface area contributed by atoms with E-state index in [1.165, 1.54) is 0 Å². The molecule has 0 aliphatic carbocycles. The quantitative estimate of drug-likeness (QED) is 0.799. The number of rotatable bonds is 1. The van der Waals surface area contributed by atoms with Gasteiger partial charge in [0.05, 0.1) is 4.90 Å². The van der Waals surface area contributed by atoms with Crippen LogP contribution in [-0.2, 0) is 42.3 Å². The number of aryl methyl sites for hydroxylation is 1. The number of hydrogen-bond donors (Lipinski definition) is 1. The SMILES string of the molecule is Cc1ccc(S(=O)(O)=S)cc1.[Ag]. The zero-order valence-electron chi connectivity index (χ0n) is 6.28. The van der Waals surface area contributed by atoms with Gasteiger partial charge in [-0.15, -0.1) is 0 Å². The van der Waals surface area contributed by atoms with Crippen molar-refractivity contribution >= 4 is 20.0 Å². The van der Waals surface area contributed by atoms with E-state index < -0.39 is 8.77 Å². The monoisotopic (exact) mass is 295 g/mol. The molecule has 1 atom stereocenters. The van der Waals surface area contributed by atoms with Gasteiger partial charge in [-0.05, 0) is 19.1 Å². The van der Waals surface area contributed by atoms with Crippen molar-refractivity contribution in [1.29, 1.82) is 0 Å². The summed E-state index contributed by atoms with van der Waals surface area (Å²) in [4.78, 5) is 0.304. The summed E-state index contributed by atoms with van der Waals surface area (Å²) in [7, 11) is -3.19. The Balaban J connectivity index is 0.00000121. The Morgan fingerprint density at radius 2 is 1.75 bits per heavy atom. The van der Waals surface area contributed by atoms with Crippen molar-refractivity contribution in [2.24, 2.45) is 0 Å². The van der Waals surface area contributed by atoms with E-state index in [-0.39, 0.29) is 22.4 Å². The molecule has 0 bridgehead atoms. The molecule has 1 aromatic rings. The van der Waals surface area contributed by atoms with Crippen LogP contribution in [0.2, 0.25) is 0 Å². The zero-order chi connectivity index (χ0) is 8.48. The second-order valence-corrected chi connectivity index (χ2v) is 5.07. The molecule has 71 valence electrons. The normalized spacial score (nSPS) is 14.5. The molecular weight excluding hydrogens is 288 g/mol. The maximum Gasteiger partial charge on any atom is 0.171 e. The predicted octanol–water partition coefficient (Wildman–Crippen LogP) is 1.57. The molecule has 0 heterocycles. The van der Waals surface area contributed by atoms with Crippen molar-refractivity contribution in [1.82, 2.24) is 0 Å². The summed E-state index contributed by atoms with van der Waals surface area (Å²) in [6.45, 7) is 1.91. The maximum atomic E-state index is 10.9. The van der Waals surface area contributed by atoms with Crippen molar-refractivity contribution in [2.75, 3.05) is 0 Å². The van der Waals surface area contributed by atoms with E-state index in [9.17, 15) is 4.21 Å². The molecule has 0 spiro atoms. The Kier molecular flexibility index (Phi) is 4.61. The molecule has 1 unspecified atom stereocenters. The van der Waals surface area contributed by atoms with Crippen molar-refractivity contribution in [3.05, 3.63) is 29.8 Å². The van der Waals surface area contributed by atoms with E-state index in [4.69, 9.17) is 4.55 Å². The first-order chi connectivity index (χ1) is 5.00. The van der Waals surface area contributed by atoms with Crippen LogP contribution >= 0.6 is 0 Å². The van der Waals surface area contributed by atoms with Gasteiger partial charge >= 0.3 is 0 Å². The number of benzene rings is 1. The summed E-state index contributed by atoms with van der Waals surface area (Å²) in [6.07, 6.45) is 0. The van der Waals surface area contributed by atoms with E-state index in [0.717, 1.165) is 5.56 Å². The third-order valence-electron chi connectivity index (χ3n) is 1.32. The second kappa shape index (κ2) is 4.51. The van der Waals surface area contributed by atoms with E-state index in [1.54, 1.807) is 24.3 Å². The molecule has 12 heavy (non-hydrogen) atoms. The van der Waals surface area contributed by atoms with Gasteiger partial charge in [-0.25, -0.2) is 4.21 Å². The molecule has 1 N–H and O–H groups in total. The third-order valence-corrected chi connectivity index (χ3v) is 2.76. The minimum absolute atomic E-state index is 0. The molecule has 0 aromatic heterocycles. The van der Waals surface area contributed by atoms with Crippen molar-refractivity contribution in [2.45, 2.75) is 11.8 Å². The zero-order valence-corrected chi connectivity index (χ0v) is 9.40. The van der Waals surface area contributed by atoms with Crippen molar-refractivity contribution in [3.8, 4) is 0 Å². The van der Waals surface area contributed by atoms with Crippen LogP contribution < -0.4 is 0 Å². The van der Waals surface area contributed by atoms with Gasteiger partial charge in [0.2, 0.25) is 0 Å². The topological polar surface area (TPSA) is 37.3 Å². The summed E-state index contributed by atoms with van der Waals surface area (Å²) >= 11 is 4.38. The van der Waals surface area contributed by atoms with E-state index in [1.807, 2.05) is 6.92 Å². The van der Waals surface area contributed by atoms with E-state index in [0.29, 0.717) is 4.90 Å². The first-order valence-electron chi connectivity index (χ1n) is 3.04. The molecule has 0 saturated heterocycles. The molecule has 0 amide bonds. The van der Waals surface area contributed by atoms with Crippen LogP contribution in [-0.4, -0.2) is 8.76 Å².